The van der Waals surface area contributed by atoms with Crippen molar-refractivity contribution in [3.05, 3.63) is 52.7 Å². The van der Waals surface area contributed by atoms with Gasteiger partial charge in [-0.1, -0.05) is 12.1 Å². The number of para-hydroxylation sites is 1. The number of hydrogen-bond acceptors (Lipinski definition) is 6. The van der Waals surface area contributed by atoms with Gasteiger partial charge in [0.05, 0.1) is 10.2 Å². The second-order valence-corrected chi connectivity index (χ2v) is 9.30. The van der Waals surface area contributed by atoms with Crippen molar-refractivity contribution in [1.29, 1.82) is 0 Å². The van der Waals surface area contributed by atoms with Gasteiger partial charge in [0.2, 0.25) is 0 Å². The molecule has 0 radical (unpaired) electrons. The molecule has 0 spiro atoms. The highest BCUT2D eigenvalue weighted by atomic mass is 32.1. The summed E-state index contributed by atoms with van der Waals surface area (Å²) in [5, 5.41) is 9.26. The molecule has 0 atom stereocenters. The smallest absolute Gasteiger partial charge is 0.274 e. The van der Waals surface area contributed by atoms with E-state index in [1.165, 1.54) is 10.4 Å². The zero-order valence-corrected chi connectivity index (χ0v) is 17.9. The lowest BCUT2D eigenvalue weighted by Crippen LogP contribution is -2.25. The van der Waals surface area contributed by atoms with E-state index in [0.717, 1.165) is 45.3 Å². The van der Waals surface area contributed by atoms with Gasteiger partial charge in [0.1, 0.15) is 15.7 Å². The van der Waals surface area contributed by atoms with E-state index in [9.17, 15) is 4.79 Å². The molecule has 8 heteroatoms. The number of aromatic nitrogens is 3. The molecule has 29 heavy (non-hydrogen) atoms. The Morgan fingerprint density at radius 2 is 2.10 bits per heavy atom. The van der Waals surface area contributed by atoms with E-state index in [4.69, 9.17) is 4.98 Å². The van der Waals surface area contributed by atoms with Gasteiger partial charge in [-0.3, -0.25) is 9.48 Å². The first-order valence-corrected chi connectivity index (χ1v) is 11.3. The lowest BCUT2D eigenvalue weighted by Gasteiger charge is -2.22. The highest BCUT2D eigenvalue weighted by molar-refractivity contribution is 7.22. The van der Waals surface area contributed by atoms with Gasteiger partial charge in [0, 0.05) is 36.3 Å². The van der Waals surface area contributed by atoms with Crippen LogP contribution in [0.15, 0.2) is 36.5 Å². The fourth-order valence-electron chi connectivity index (χ4n) is 3.77. The zero-order valence-electron chi connectivity index (χ0n) is 16.3. The molecule has 1 aromatic carbocycles. The number of thiophene rings is 1. The summed E-state index contributed by atoms with van der Waals surface area (Å²) < 4.78 is 2.88. The standard InChI is InChI=1S/C21H21N5OS2/c1-3-26-15(8-10-22-26)19(27)24-21-18(13-9-11-25(2)12-17(13)29-21)20-23-14-6-4-5-7-16(14)28-20/h4-8,10H,3,9,11-12H2,1-2H3,(H,24,27). The Bertz CT molecular complexity index is 1170. The van der Waals surface area contributed by atoms with E-state index in [2.05, 4.69) is 28.4 Å². The molecular weight excluding hydrogens is 402 g/mol. The predicted molar refractivity (Wildman–Crippen MR) is 119 cm³/mol. The fourth-order valence-corrected chi connectivity index (χ4v) is 6.20. The molecule has 0 unspecified atom stereocenters. The molecule has 0 saturated carbocycles. The number of nitrogens with one attached hydrogen (secondary N) is 1. The number of rotatable bonds is 4. The van der Waals surface area contributed by atoms with E-state index in [-0.39, 0.29) is 5.91 Å². The molecule has 6 nitrogen and oxygen atoms in total. The van der Waals surface area contributed by atoms with E-state index in [0.29, 0.717) is 12.2 Å². The third-order valence-electron chi connectivity index (χ3n) is 5.23. The van der Waals surface area contributed by atoms with Crippen LogP contribution in [0, 0.1) is 0 Å². The summed E-state index contributed by atoms with van der Waals surface area (Å²) in [6.07, 6.45) is 2.64. The van der Waals surface area contributed by atoms with Gasteiger partial charge in [-0.2, -0.15) is 5.10 Å². The SMILES string of the molecule is CCn1nccc1C(=O)Nc1sc2c(c1-c1nc3ccccc3s1)CCN(C)C2. The van der Waals surface area contributed by atoms with Gasteiger partial charge in [-0.25, -0.2) is 4.98 Å². The Kier molecular flexibility index (Phi) is 4.69. The number of aryl methyl sites for hydroxylation is 1. The van der Waals surface area contributed by atoms with Gasteiger partial charge in [-0.15, -0.1) is 22.7 Å². The van der Waals surface area contributed by atoms with Crippen LogP contribution in [0.4, 0.5) is 5.00 Å². The zero-order chi connectivity index (χ0) is 20.0. The van der Waals surface area contributed by atoms with Crippen LogP contribution >= 0.6 is 22.7 Å². The number of carbonyl (C=O) groups excluding carboxylic acids is 1. The normalized spacial score (nSPS) is 14.3. The van der Waals surface area contributed by atoms with Crippen molar-refractivity contribution in [2.45, 2.75) is 26.4 Å². The summed E-state index contributed by atoms with van der Waals surface area (Å²) in [7, 11) is 2.14. The maximum atomic E-state index is 13.0. The molecule has 4 heterocycles. The second kappa shape index (κ2) is 7.37. The highest BCUT2D eigenvalue weighted by Crippen LogP contribution is 2.45. The third kappa shape index (κ3) is 3.27. The second-order valence-electron chi connectivity index (χ2n) is 7.17. The van der Waals surface area contributed by atoms with Gasteiger partial charge in [0.15, 0.2) is 0 Å². The summed E-state index contributed by atoms with van der Waals surface area (Å²) in [6, 6.07) is 9.95. The van der Waals surface area contributed by atoms with Crippen LogP contribution < -0.4 is 5.32 Å². The van der Waals surface area contributed by atoms with E-state index in [1.807, 2.05) is 25.1 Å². The topological polar surface area (TPSA) is 63.1 Å². The molecule has 0 aliphatic carbocycles. The molecule has 0 fully saturated rings. The molecule has 1 amide bonds. The van der Waals surface area contributed by atoms with Crippen molar-refractivity contribution in [1.82, 2.24) is 19.7 Å². The first-order valence-electron chi connectivity index (χ1n) is 9.66. The Labute approximate surface area is 176 Å². The van der Waals surface area contributed by atoms with E-state index in [1.54, 1.807) is 39.6 Å². The first kappa shape index (κ1) is 18.5. The predicted octanol–water partition coefficient (Wildman–Crippen LogP) is 4.48. The Hall–Kier alpha value is -2.55. The van der Waals surface area contributed by atoms with Gasteiger partial charge in [0.25, 0.3) is 5.91 Å². The molecule has 148 valence electrons. The minimum atomic E-state index is -0.126. The number of benzene rings is 1. The largest absolute Gasteiger partial charge is 0.312 e. The van der Waals surface area contributed by atoms with Gasteiger partial charge >= 0.3 is 0 Å². The van der Waals surface area contributed by atoms with Crippen LogP contribution in [-0.2, 0) is 19.5 Å². The van der Waals surface area contributed by atoms with Crippen molar-refractivity contribution in [2.75, 3.05) is 18.9 Å². The minimum absolute atomic E-state index is 0.126. The van der Waals surface area contributed by atoms with E-state index < -0.39 is 0 Å². The Balaban J connectivity index is 1.60. The van der Waals surface area contributed by atoms with Crippen LogP contribution in [0.1, 0.15) is 27.9 Å². The number of nitrogens with zero attached hydrogens (tertiary/aromatic N) is 4. The van der Waals surface area contributed by atoms with Crippen LogP contribution in [0.25, 0.3) is 20.8 Å². The van der Waals surface area contributed by atoms with E-state index >= 15 is 0 Å². The van der Waals surface area contributed by atoms with Crippen molar-refractivity contribution in [2.24, 2.45) is 0 Å². The fraction of sp³-hybridized carbons (Fsp3) is 0.286. The van der Waals surface area contributed by atoms with Crippen molar-refractivity contribution in [3.63, 3.8) is 0 Å². The molecule has 0 bridgehead atoms. The number of hydrogen-bond donors (Lipinski definition) is 1. The van der Waals surface area contributed by atoms with Crippen molar-refractivity contribution in [3.8, 4) is 10.6 Å². The Morgan fingerprint density at radius 1 is 1.24 bits per heavy atom. The molecule has 4 aromatic rings. The average Bonchev–Trinajstić information content (AvgIpc) is 3.43. The average molecular weight is 424 g/mol. The van der Waals surface area contributed by atoms with Crippen molar-refractivity contribution < 1.29 is 4.79 Å². The number of thiazole rings is 1. The lowest BCUT2D eigenvalue weighted by atomic mass is 10.0. The van der Waals surface area contributed by atoms with Crippen LogP contribution in [0.3, 0.4) is 0 Å². The number of fused-ring (bicyclic) bond motifs is 2. The maximum Gasteiger partial charge on any atom is 0.274 e. The number of anilines is 1. The van der Waals surface area contributed by atoms with Gasteiger partial charge in [-0.05, 0) is 44.2 Å². The molecule has 3 aromatic heterocycles. The Morgan fingerprint density at radius 3 is 2.93 bits per heavy atom. The summed E-state index contributed by atoms with van der Waals surface area (Å²) in [6.45, 7) is 4.56. The summed E-state index contributed by atoms with van der Waals surface area (Å²) in [5.74, 6) is -0.126. The lowest BCUT2D eigenvalue weighted by molar-refractivity contribution is 0.101. The third-order valence-corrected chi connectivity index (χ3v) is 7.42. The summed E-state index contributed by atoms with van der Waals surface area (Å²) in [4.78, 5) is 21.5. The van der Waals surface area contributed by atoms with Crippen LogP contribution in [-0.4, -0.2) is 39.2 Å². The summed E-state index contributed by atoms with van der Waals surface area (Å²) >= 11 is 3.36. The molecule has 0 saturated heterocycles. The van der Waals surface area contributed by atoms with Crippen molar-refractivity contribution >= 4 is 43.8 Å². The number of carbonyl (C=O) groups is 1. The summed E-state index contributed by atoms with van der Waals surface area (Å²) in [5.41, 5.74) is 4.00. The number of amides is 1. The van der Waals surface area contributed by atoms with Gasteiger partial charge < -0.3 is 10.2 Å². The molecule has 1 N–H and O–H groups in total. The quantitative estimate of drug-likeness (QED) is 0.526. The monoisotopic (exact) mass is 423 g/mol. The number of likely N-dealkylation sites (N-methyl/N-ethyl adjacent to an activating group) is 1. The molecule has 1 aliphatic heterocycles. The first-order chi connectivity index (χ1) is 14.1. The molecular formula is C21H21N5OS2. The minimum Gasteiger partial charge on any atom is -0.312 e. The van der Waals surface area contributed by atoms with Crippen LogP contribution in [0.2, 0.25) is 0 Å². The molecule has 1 aliphatic rings. The maximum absolute atomic E-state index is 13.0. The molecule has 5 rings (SSSR count). The van der Waals surface area contributed by atoms with Crippen LogP contribution in [0.5, 0.6) is 0 Å². The highest BCUT2D eigenvalue weighted by Gasteiger charge is 2.27.